The first-order valence-corrected chi connectivity index (χ1v) is 8.15. The minimum atomic E-state index is -0.0207. The minimum absolute atomic E-state index is 0.0207. The third kappa shape index (κ3) is 3.90. The molecule has 0 fully saturated rings. The van der Waals surface area contributed by atoms with Gasteiger partial charge in [0, 0.05) is 36.6 Å². The smallest absolute Gasteiger partial charge is 0.251 e. The van der Waals surface area contributed by atoms with Gasteiger partial charge in [-0.1, -0.05) is 48.0 Å². The fraction of sp³-hybridized carbons (Fsp3) is 0.200. The maximum atomic E-state index is 12.1. The van der Waals surface area contributed by atoms with Crippen LogP contribution in [0, 0.1) is 6.92 Å². The number of nitrogens with zero attached hydrogens (tertiary/aromatic N) is 2. The Labute approximate surface area is 142 Å². The Kier molecular flexibility index (Phi) is 5.06. The lowest BCUT2D eigenvalue weighted by Crippen LogP contribution is -2.25. The van der Waals surface area contributed by atoms with Gasteiger partial charge in [-0.25, -0.2) is 4.98 Å². The molecule has 24 heavy (non-hydrogen) atoms. The lowest BCUT2D eigenvalue weighted by atomic mass is 10.1. The molecule has 0 aliphatic heterocycles. The largest absolute Gasteiger partial charge is 0.352 e. The number of aryl methyl sites for hydroxylation is 2. The van der Waals surface area contributed by atoms with E-state index in [-0.39, 0.29) is 5.91 Å². The number of imidazole rings is 1. The standard InChI is InChI=1S/C20H21N3O/c1-16-7-5-10-18(15-16)20(24)22-11-6-13-23-14-12-21-19(23)17-8-3-2-4-9-17/h2-5,7-10,12,14-15H,6,11,13H2,1H3,(H,22,24). The molecular weight excluding hydrogens is 298 g/mol. The van der Waals surface area contributed by atoms with Crippen molar-refractivity contribution in [3.05, 3.63) is 78.1 Å². The molecule has 1 heterocycles. The lowest BCUT2D eigenvalue weighted by molar-refractivity contribution is 0.0952. The van der Waals surface area contributed by atoms with E-state index in [0.29, 0.717) is 12.1 Å². The maximum Gasteiger partial charge on any atom is 0.251 e. The van der Waals surface area contributed by atoms with Gasteiger partial charge in [0.05, 0.1) is 0 Å². The van der Waals surface area contributed by atoms with Gasteiger partial charge in [-0.15, -0.1) is 0 Å². The molecule has 3 rings (SSSR count). The highest BCUT2D eigenvalue weighted by Crippen LogP contribution is 2.16. The zero-order chi connectivity index (χ0) is 16.8. The van der Waals surface area contributed by atoms with E-state index in [0.717, 1.165) is 29.9 Å². The molecule has 0 saturated heterocycles. The van der Waals surface area contributed by atoms with Gasteiger partial charge in [0.2, 0.25) is 0 Å². The Hall–Kier alpha value is -2.88. The zero-order valence-electron chi connectivity index (χ0n) is 13.8. The molecule has 0 spiro atoms. The Morgan fingerprint density at radius 3 is 2.75 bits per heavy atom. The summed E-state index contributed by atoms with van der Waals surface area (Å²) in [5.41, 5.74) is 2.91. The second-order valence-corrected chi connectivity index (χ2v) is 5.79. The second-order valence-electron chi connectivity index (χ2n) is 5.79. The number of benzene rings is 2. The van der Waals surface area contributed by atoms with E-state index in [9.17, 15) is 4.79 Å². The van der Waals surface area contributed by atoms with Gasteiger partial charge in [-0.3, -0.25) is 4.79 Å². The first-order valence-electron chi connectivity index (χ1n) is 8.15. The fourth-order valence-electron chi connectivity index (χ4n) is 2.68. The van der Waals surface area contributed by atoms with E-state index >= 15 is 0 Å². The summed E-state index contributed by atoms with van der Waals surface area (Å²) in [4.78, 5) is 16.5. The van der Waals surface area contributed by atoms with Gasteiger partial charge in [0.1, 0.15) is 5.82 Å². The Bertz CT molecular complexity index is 809. The molecule has 4 nitrogen and oxygen atoms in total. The molecular formula is C20H21N3O. The molecule has 1 N–H and O–H groups in total. The van der Waals surface area contributed by atoms with Crippen molar-refractivity contribution < 1.29 is 4.79 Å². The van der Waals surface area contributed by atoms with Crippen molar-refractivity contribution in [3.63, 3.8) is 0 Å². The van der Waals surface area contributed by atoms with Crippen molar-refractivity contribution in [1.29, 1.82) is 0 Å². The molecule has 1 amide bonds. The van der Waals surface area contributed by atoms with Crippen LogP contribution < -0.4 is 5.32 Å². The van der Waals surface area contributed by atoms with Gasteiger partial charge in [0.25, 0.3) is 5.91 Å². The molecule has 0 radical (unpaired) electrons. The van der Waals surface area contributed by atoms with Gasteiger partial charge >= 0.3 is 0 Å². The van der Waals surface area contributed by atoms with Crippen LogP contribution in [0.5, 0.6) is 0 Å². The predicted molar refractivity (Wildman–Crippen MR) is 95.8 cm³/mol. The normalized spacial score (nSPS) is 10.5. The molecule has 122 valence electrons. The number of hydrogen-bond acceptors (Lipinski definition) is 2. The van der Waals surface area contributed by atoms with Crippen molar-refractivity contribution in [2.45, 2.75) is 19.9 Å². The van der Waals surface area contributed by atoms with Crippen molar-refractivity contribution in [3.8, 4) is 11.4 Å². The lowest BCUT2D eigenvalue weighted by Gasteiger charge is -2.09. The molecule has 0 unspecified atom stereocenters. The van der Waals surface area contributed by atoms with E-state index in [4.69, 9.17) is 0 Å². The summed E-state index contributed by atoms with van der Waals surface area (Å²) in [6.07, 6.45) is 4.64. The minimum Gasteiger partial charge on any atom is -0.352 e. The summed E-state index contributed by atoms with van der Waals surface area (Å²) in [6.45, 7) is 3.44. The van der Waals surface area contributed by atoms with Crippen LogP contribution in [0.25, 0.3) is 11.4 Å². The van der Waals surface area contributed by atoms with E-state index in [2.05, 4.69) is 27.0 Å². The van der Waals surface area contributed by atoms with Crippen LogP contribution >= 0.6 is 0 Å². The maximum absolute atomic E-state index is 12.1. The van der Waals surface area contributed by atoms with Crippen molar-refractivity contribution in [2.75, 3.05) is 6.54 Å². The number of amides is 1. The topological polar surface area (TPSA) is 46.9 Å². The molecule has 0 aliphatic carbocycles. The quantitative estimate of drug-likeness (QED) is 0.705. The van der Waals surface area contributed by atoms with Crippen molar-refractivity contribution in [2.24, 2.45) is 0 Å². The number of carbonyl (C=O) groups excluding carboxylic acids is 1. The second kappa shape index (κ2) is 7.59. The molecule has 3 aromatic rings. The van der Waals surface area contributed by atoms with Crippen LogP contribution in [0.4, 0.5) is 0 Å². The van der Waals surface area contributed by atoms with Crippen molar-refractivity contribution >= 4 is 5.91 Å². The van der Waals surface area contributed by atoms with Crippen LogP contribution in [0.2, 0.25) is 0 Å². The number of aromatic nitrogens is 2. The number of carbonyl (C=O) groups is 1. The molecule has 0 aliphatic rings. The molecule has 0 bridgehead atoms. The van der Waals surface area contributed by atoms with Gasteiger partial charge < -0.3 is 9.88 Å². The first-order chi connectivity index (χ1) is 11.7. The van der Waals surface area contributed by atoms with Gasteiger partial charge in [-0.05, 0) is 25.5 Å². The Morgan fingerprint density at radius 1 is 1.12 bits per heavy atom. The van der Waals surface area contributed by atoms with Crippen LogP contribution in [-0.4, -0.2) is 22.0 Å². The molecule has 4 heteroatoms. The van der Waals surface area contributed by atoms with Crippen LogP contribution in [-0.2, 0) is 6.54 Å². The monoisotopic (exact) mass is 319 g/mol. The van der Waals surface area contributed by atoms with Crippen LogP contribution in [0.1, 0.15) is 22.3 Å². The third-order valence-corrected chi connectivity index (χ3v) is 3.89. The average molecular weight is 319 g/mol. The highest BCUT2D eigenvalue weighted by molar-refractivity contribution is 5.94. The van der Waals surface area contributed by atoms with Gasteiger partial charge in [-0.2, -0.15) is 0 Å². The van der Waals surface area contributed by atoms with E-state index in [1.165, 1.54) is 0 Å². The number of rotatable bonds is 6. The number of hydrogen-bond donors (Lipinski definition) is 1. The third-order valence-electron chi connectivity index (χ3n) is 3.89. The number of nitrogens with one attached hydrogen (secondary N) is 1. The molecule has 0 saturated carbocycles. The summed E-state index contributed by atoms with van der Waals surface area (Å²) in [5.74, 6) is 0.938. The highest BCUT2D eigenvalue weighted by atomic mass is 16.1. The molecule has 2 aromatic carbocycles. The zero-order valence-corrected chi connectivity index (χ0v) is 13.8. The summed E-state index contributed by atoms with van der Waals surface area (Å²) in [6, 6.07) is 17.8. The van der Waals surface area contributed by atoms with Gasteiger partial charge in [0.15, 0.2) is 0 Å². The van der Waals surface area contributed by atoms with E-state index < -0.39 is 0 Å². The highest BCUT2D eigenvalue weighted by Gasteiger charge is 2.07. The molecule has 0 atom stereocenters. The average Bonchev–Trinajstić information content (AvgIpc) is 3.08. The predicted octanol–water partition coefficient (Wildman–Crippen LogP) is 3.68. The summed E-state index contributed by atoms with van der Waals surface area (Å²) in [5, 5.41) is 2.98. The fourth-order valence-corrected chi connectivity index (χ4v) is 2.68. The summed E-state index contributed by atoms with van der Waals surface area (Å²) >= 11 is 0. The SMILES string of the molecule is Cc1cccc(C(=O)NCCCn2ccnc2-c2ccccc2)c1. The first kappa shape index (κ1) is 16.0. The molecule has 1 aromatic heterocycles. The van der Waals surface area contributed by atoms with E-state index in [1.54, 1.807) is 0 Å². The van der Waals surface area contributed by atoms with Crippen LogP contribution in [0.3, 0.4) is 0 Å². The Morgan fingerprint density at radius 2 is 1.96 bits per heavy atom. The van der Waals surface area contributed by atoms with E-state index in [1.807, 2.05) is 61.8 Å². The Balaban J connectivity index is 1.53. The van der Waals surface area contributed by atoms with Crippen LogP contribution in [0.15, 0.2) is 67.0 Å². The summed E-state index contributed by atoms with van der Waals surface area (Å²) in [7, 11) is 0. The summed E-state index contributed by atoms with van der Waals surface area (Å²) < 4.78 is 2.12. The van der Waals surface area contributed by atoms with Crippen molar-refractivity contribution in [1.82, 2.24) is 14.9 Å².